The van der Waals surface area contributed by atoms with Gasteiger partial charge in [-0.1, -0.05) is 11.6 Å². The van der Waals surface area contributed by atoms with Gasteiger partial charge in [0, 0.05) is 32.2 Å². The first-order chi connectivity index (χ1) is 16.6. The Labute approximate surface area is 203 Å². The molecule has 1 aliphatic heterocycles. The molecule has 1 aliphatic rings. The lowest BCUT2D eigenvalue weighted by Crippen LogP contribution is -2.45. The molecule has 1 N–H and O–H groups in total. The molecule has 35 heavy (non-hydrogen) atoms. The third kappa shape index (κ3) is 6.40. The van der Waals surface area contributed by atoms with Crippen molar-refractivity contribution in [3.63, 3.8) is 0 Å². The summed E-state index contributed by atoms with van der Waals surface area (Å²) in [4.78, 5) is 30.4. The van der Waals surface area contributed by atoms with Gasteiger partial charge in [-0.05, 0) is 38.2 Å². The van der Waals surface area contributed by atoms with E-state index in [-0.39, 0.29) is 16.6 Å². The van der Waals surface area contributed by atoms with E-state index in [1.54, 1.807) is 12.1 Å². The maximum atomic E-state index is 12.3. The van der Waals surface area contributed by atoms with Gasteiger partial charge in [0.1, 0.15) is 22.8 Å². The summed E-state index contributed by atoms with van der Waals surface area (Å²) in [7, 11) is 2.08. The SMILES string of the molecule is Cc1nc(N2CCN(C)CC2)nc2ccc(NC(=O)COc3ccc(OC(F)(F)F)cc3Cl)nc12. The first kappa shape index (κ1) is 24.7. The van der Waals surface area contributed by atoms with Crippen LogP contribution in [0.1, 0.15) is 5.69 Å². The summed E-state index contributed by atoms with van der Waals surface area (Å²) < 4.78 is 46.0. The van der Waals surface area contributed by atoms with Gasteiger partial charge in [-0.3, -0.25) is 4.79 Å². The smallest absolute Gasteiger partial charge is 0.482 e. The van der Waals surface area contributed by atoms with Crippen LogP contribution in [-0.4, -0.2) is 72.0 Å². The molecule has 3 aromatic rings. The Bertz CT molecular complexity index is 1240. The molecule has 0 atom stereocenters. The van der Waals surface area contributed by atoms with E-state index in [2.05, 4.69) is 41.9 Å². The monoisotopic (exact) mass is 510 g/mol. The number of aryl methyl sites for hydroxylation is 1. The number of likely N-dealkylation sites (N-methyl/N-ethyl adjacent to an activating group) is 1. The van der Waals surface area contributed by atoms with E-state index in [9.17, 15) is 18.0 Å². The number of alkyl halides is 3. The fourth-order valence-electron chi connectivity index (χ4n) is 3.48. The Morgan fingerprint density at radius 2 is 1.86 bits per heavy atom. The second-order valence-corrected chi connectivity index (χ2v) is 8.35. The highest BCUT2D eigenvalue weighted by Gasteiger charge is 2.31. The van der Waals surface area contributed by atoms with Crippen molar-refractivity contribution >= 4 is 40.3 Å². The summed E-state index contributed by atoms with van der Waals surface area (Å²) >= 11 is 5.92. The Kier molecular flexibility index (Phi) is 7.13. The number of pyridine rings is 1. The fourth-order valence-corrected chi connectivity index (χ4v) is 3.70. The molecule has 0 aliphatic carbocycles. The number of amides is 1. The van der Waals surface area contributed by atoms with Gasteiger partial charge in [0.25, 0.3) is 5.91 Å². The number of rotatable bonds is 6. The molecular weight excluding hydrogens is 489 g/mol. The van der Waals surface area contributed by atoms with Crippen LogP contribution in [-0.2, 0) is 4.79 Å². The summed E-state index contributed by atoms with van der Waals surface area (Å²) in [5.74, 6) is -0.0588. The van der Waals surface area contributed by atoms with Gasteiger partial charge in [0.15, 0.2) is 6.61 Å². The van der Waals surface area contributed by atoms with Crippen LogP contribution in [0.4, 0.5) is 24.9 Å². The van der Waals surface area contributed by atoms with E-state index in [1.807, 2.05) is 6.92 Å². The normalized spacial score (nSPS) is 14.7. The van der Waals surface area contributed by atoms with E-state index < -0.39 is 24.6 Å². The zero-order valence-corrected chi connectivity index (χ0v) is 19.7. The van der Waals surface area contributed by atoms with Gasteiger partial charge in [-0.25, -0.2) is 15.0 Å². The highest BCUT2D eigenvalue weighted by Crippen LogP contribution is 2.31. The summed E-state index contributed by atoms with van der Waals surface area (Å²) in [6.45, 7) is 4.94. The number of fused-ring (bicyclic) bond motifs is 1. The molecule has 0 unspecified atom stereocenters. The average Bonchev–Trinajstić information content (AvgIpc) is 2.78. The number of aromatic nitrogens is 3. The Morgan fingerprint density at radius 1 is 1.11 bits per heavy atom. The number of ether oxygens (including phenoxy) is 2. The number of benzene rings is 1. The van der Waals surface area contributed by atoms with Crippen LogP contribution in [0.15, 0.2) is 30.3 Å². The molecule has 0 saturated carbocycles. The van der Waals surface area contributed by atoms with E-state index >= 15 is 0 Å². The summed E-state index contributed by atoms with van der Waals surface area (Å²) in [6, 6.07) is 6.55. The zero-order valence-electron chi connectivity index (χ0n) is 18.9. The summed E-state index contributed by atoms with van der Waals surface area (Å²) in [5, 5.41) is 2.48. The van der Waals surface area contributed by atoms with Gasteiger partial charge < -0.3 is 24.6 Å². The molecule has 3 heterocycles. The lowest BCUT2D eigenvalue weighted by molar-refractivity contribution is -0.274. The predicted molar refractivity (Wildman–Crippen MR) is 124 cm³/mol. The van der Waals surface area contributed by atoms with E-state index in [0.29, 0.717) is 22.7 Å². The van der Waals surface area contributed by atoms with E-state index in [4.69, 9.17) is 16.3 Å². The van der Waals surface area contributed by atoms with Crippen molar-refractivity contribution in [1.82, 2.24) is 19.9 Å². The number of carbonyl (C=O) groups is 1. The second kappa shape index (κ2) is 10.1. The zero-order chi connectivity index (χ0) is 25.2. The van der Waals surface area contributed by atoms with Crippen LogP contribution < -0.4 is 19.7 Å². The Balaban J connectivity index is 1.39. The average molecular weight is 511 g/mol. The van der Waals surface area contributed by atoms with Crippen molar-refractivity contribution in [3.05, 3.63) is 41.0 Å². The minimum atomic E-state index is -4.84. The minimum Gasteiger partial charge on any atom is -0.482 e. The molecule has 9 nitrogen and oxygen atoms in total. The minimum absolute atomic E-state index is 0.0310. The molecule has 0 spiro atoms. The molecule has 0 radical (unpaired) electrons. The van der Waals surface area contributed by atoms with Crippen molar-refractivity contribution < 1.29 is 27.4 Å². The third-order valence-corrected chi connectivity index (χ3v) is 5.55. The maximum absolute atomic E-state index is 12.3. The predicted octanol–water partition coefficient (Wildman–Crippen LogP) is 3.65. The lowest BCUT2D eigenvalue weighted by Gasteiger charge is -2.32. The molecule has 13 heteroatoms. The quantitative estimate of drug-likeness (QED) is 0.537. The topological polar surface area (TPSA) is 92.7 Å². The van der Waals surface area contributed by atoms with Crippen LogP contribution >= 0.6 is 11.6 Å². The number of anilines is 2. The van der Waals surface area contributed by atoms with Gasteiger partial charge in [0.05, 0.1) is 16.2 Å². The highest BCUT2D eigenvalue weighted by molar-refractivity contribution is 6.32. The molecule has 1 fully saturated rings. The van der Waals surface area contributed by atoms with Gasteiger partial charge in [-0.15, -0.1) is 13.2 Å². The van der Waals surface area contributed by atoms with Crippen molar-refractivity contribution in [1.29, 1.82) is 0 Å². The molecule has 4 rings (SSSR count). The molecule has 1 amide bonds. The Morgan fingerprint density at radius 3 is 2.54 bits per heavy atom. The number of hydrogen-bond donors (Lipinski definition) is 1. The first-order valence-electron chi connectivity index (χ1n) is 10.6. The van der Waals surface area contributed by atoms with Gasteiger partial charge in [0.2, 0.25) is 5.95 Å². The largest absolute Gasteiger partial charge is 0.573 e. The fraction of sp³-hybridized carbons (Fsp3) is 0.364. The third-order valence-electron chi connectivity index (χ3n) is 5.25. The summed E-state index contributed by atoms with van der Waals surface area (Å²) in [6.07, 6.45) is -4.84. The maximum Gasteiger partial charge on any atom is 0.573 e. The summed E-state index contributed by atoms with van der Waals surface area (Å²) in [5.41, 5.74) is 1.91. The van der Waals surface area contributed by atoms with Crippen molar-refractivity contribution in [2.24, 2.45) is 0 Å². The van der Waals surface area contributed by atoms with Gasteiger partial charge in [-0.2, -0.15) is 0 Å². The highest BCUT2D eigenvalue weighted by atomic mass is 35.5. The van der Waals surface area contributed by atoms with Crippen LogP contribution in [0.2, 0.25) is 5.02 Å². The van der Waals surface area contributed by atoms with Crippen LogP contribution in [0.25, 0.3) is 11.0 Å². The van der Waals surface area contributed by atoms with Crippen molar-refractivity contribution in [3.8, 4) is 11.5 Å². The number of hydrogen-bond acceptors (Lipinski definition) is 8. The van der Waals surface area contributed by atoms with E-state index in [1.165, 1.54) is 6.07 Å². The van der Waals surface area contributed by atoms with Gasteiger partial charge >= 0.3 is 6.36 Å². The van der Waals surface area contributed by atoms with Crippen LogP contribution in [0.5, 0.6) is 11.5 Å². The lowest BCUT2D eigenvalue weighted by atomic mass is 10.3. The standard InChI is InChI=1S/C22H22ClF3N6O3/c1-13-20-16(28-21(27-13)32-9-7-31(2)8-10-32)4-6-18(30-20)29-19(33)12-34-17-5-3-14(11-15(17)23)35-22(24,25)26/h3-6,11H,7-10,12H2,1-2H3,(H,29,30,33). The van der Waals surface area contributed by atoms with Crippen LogP contribution in [0.3, 0.4) is 0 Å². The molecule has 1 aromatic carbocycles. The second-order valence-electron chi connectivity index (χ2n) is 7.94. The van der Waals surface area contributed by atoms with Crippen molar-refractivity contribution in [2.45, 2.75) is 13.3 Å². The molecular formula is C22H22ClF3N6O3. The molecule has 2 aromatic heterocycles. The molecule has 0 bridgehead atoms. The first-order valence-corrected chi connectivity index (χ1v) is 11.0. The number of nitrogens with zero attached hydrogens (tertiary/aromatic N) is 5. The molecule has 1 saturated heterocycles. The number of carbonyl (C=O) groups excluding carboxylic acids is 1. The number of nitrogens with one attached hydrogen (secondary N) is 1. The Hall–Kier alpha value is -3.38. The van der Waals surface area contributed by atoms with E-state index in [0.717, 1.165) is 38.3 Å². The number of halogens is 4. The van der Waals surface area contributed by atoms with Crippen LogP contribution in [0, 0.1) is 6.92 Å². The van der Waals surface area contributed by atoms with Crippen molar-refractivity contribution in [2.75, 3.05) is 50.1 Å². The number of piperazine rings is 1. The molecule has 186 valence electrons.